The fourth-order valence-corrected chi connectivity index (χ4v) is 6.25. The Morgan fingerprint density at radius 3 is 2.56 bits per heavy atom. The van der Waals surface area contributed by atoms with Crippen molar-refractivity contribution in [3.63, 3.8) is 0 Å². The predicted octanol–water partition coefficient (Wildman–Crippen LogP) is 4.73. The van der Waals surface area contributed by atoms with Crippen molar-refractivity contribution in [2.24, 2.45) is 0 Å². The highest BCUT2D eigenvalue weighted by atomic mass is 32.2. The first-order valence-corrected chi connectivity index (χ1v) is 12.8. The number of ether oxygens (including phenoxy) is 1. The van der Waals surface area contributed by atoms with Crippen LogP contribution < -0.4 is 15.6 Å². The third-order valence-corrected chi connectivity index (χ3v) is 7.86. The molecule has 3 aromatic rings. The second kappa shape index (κ2) is 9.67. The molecule has 1 aliphatic carbocycles. The number of hydrogen-bond donors (Lipinski definition) is 1. The summed E-state index contributed by atoms with van der Waals surface area (Å²) in [6.45, 7) is 5.72. The van der Waals surface area contributed by atoms with Gasteiger partial charge >= 0.3 is 0 Å². The second-order valence-corrected chi connectivity index (χ2v) is 10.8. The van der Waals surface area contributed by atoms with E-state index in [0.29, 0.717) is 5.16 Å². The number of amides is 1. The number of nitrogens with zero attached hydrogens (tertiary/aromatic N) is 2. The average Bonchev–Trinajstić information content (AvgIpc) is 2.95. The van der Waals surface area contributed by atoms with Crippen LogP contribution >= 0.6 is 23.1 Å². The molecule has 0 fully saturated rings. The Kier molecular flexibility index (Phi) is 6.90. The maximum atomic E-state index is 13.9. The molecule has 8 heteroatoms. The zero-order chi connectivity index (χ0) is 22.8. The van der Waals surface area contributed by atoms with Gasteiger partial charge in [-0.05, 0) is 76.3 Å². The smallest absolute Gasteiger partial charge is 0.267 e. The normalized spacial score (nSPS) is 14.8. The molecule has 2 aromatic heterocycles. The van der Waals surface area contributed by atoms with Crippen LogP contribution in [0.1, 0.15) is 50.5 Å². The summed E-state index contributed by atoms with van der Waals surface area (Å²) in [5.74, 6) is 0.654. The predicted molar refractivity (Wildman–Crippen MR) is 132 cm³/mol. The third kappa shape index (κ3) is 4.57. The van der Waals surface area contributed by atoms with E-state index in [4.69, 9.17) is 9.72 Å². The van der Waals surface area contributed by atoms with Gasteiger partial charge in [0.15, 0.2) is 5.16 Å². The van der Waals surface area contributed by atoms with Crippen LogP contribution in [0, 0.1) is 0 Å². The molecule has 1 atom stereocenters. The van der Waals surface area contributed by atoms with Crippen LogP contribution in [0.15, 0.2) is 34.2 Å². The number of methoxy groups -OCH3 is 1. The van der Waals surface area contributed by atoms with Gasteiger partial charge < -0.3 is 10.1 Å². The number of carbonyl (C=O) groups excluding carboxylic acids is 1. The number of aromatic nitrogens is 2. The molecule has 1 aliphatic rings. The van der Waals surface area contributed by atoms with Gasteiger partial charge in [-0.15, -0.1) is 11.3 Å². The molecule has 1 amide bonds. The van der Waals surface area contributed by atoms with E-state index < -0.39 is 0 Å². The number of thiophene rings is 1. The van der Waals surface area contributed by atoms with Crippen molar-refractivity contribution < 1.29 is 9.53 Å². The van der Waals surface area contributed by atoms with Crippen molar-refractivity contribution in [2.75, 3.05) is 7.11 Å². The molecule has 1 N–H and O–H groups in total. The molecule has 32 heavy (non-hydrogen) atoms. The minimum absolute atomic E-state index is 0.0535. The van der Waals surface area contributed by atoms with Gasteiger partial charge in [-0.25, -0.2) is 4.98 Å². The molecule has 0 aliphatic heterocycles. The minimum atomic E-state index is -0.385. The number of nitrogens with one attached hydrogen (secondary N) is 1. The first-order valence-electron chi connectivity index (χ1n) is 11.1. The zero-order valence-corrected chi connectivity index (χ0v) is 20.6. The van der Waals surface area contributed by atoms with Gasteiger partial charge in [0, 0.05) is 10.9 Å². The van der Waals surface area contributed by atoms with Crippen LogP contribution in [0.2, 0.25) is 0 Å². The Labute approximate surface area is 196 Å². The van der Waals surface area contributed by atoms with Crippen LogP contribution in [0.5, 0.6) is 5.75 Å². The van der Waals surface area contributed by atoms with E-state index in [1.54, 1.807) is 23.0 Å². The van der Waals surface area contributed by atoms with Crippen LogP contribution in [0.3, 0.4) is 0 Å². The standard InChI is InChI=1S/C24H29N3O3S2/c1-14(2)25-21(28)15(3)31-24-26-22-20(18-8-6-5-7-9-19(18)32-22)23(29)27(24)16-10-12-17(30-4)13-11-16/h10-15H,5-9H2,1-4H3,(H,25,28). The number of thioether (sulfide) groups is 1. The van der Waals surface area contributed by atoms with Gasteiger partial charge in [0.05, 0.1) is 23.4 Å². The number of carbonyl (C=O) groups is 1. The van der Waals surface area contributed by atoms with Crippen molar-refractivity contribution in [1.29, 1.82) is 0 Å². The average molecular weight is 472 g/mol. The first-order chi connectivity index (χ1) is 15.4. The Morgan fingerprint density at radius 2 is 1.88 bits per heavy atom. The SMILES string of the molecule is COc1ccc(-n2c(SC(C)C(=O)NC(C)C)nc3sc4c(c3c2=O)CCCCC4)cc1. The molecule has 2 heterocycles. The Hall–Kier alpha value is -2.32. The lowest BCUT2D eigenvalue weighted by Crippen LogP contribution is -2.36. The molecule has 0 saturated heterocycles. The lowest BCUT2D eigenvalue weighted by Gasteiger charge is -2.17. The molecule has 6 nitrogen and oxygen atoms in total. The molecule has 1 unspecified atom stereocenters. The molecular formula is C24H29N3O3S2. The summed E-state index contributed by atoms with van der Waals surface area (Å²) in [5, 5.41) is 3.84. The lowest BCUT2D eigenvalue weighted by molar-refractivity contribution is -0.120. The highest BCUT2D eigenvalue weighted by Crippen LogP contribution is 2.35. The topological polar surface area (TPSA) is 73.2 Å². The highest BCUT2D eigenvalue weighted by Gasteiger charge is 2.25. The number of hydrogen-bond acceptors (Lipinski definition) is 6. The quantitative estimate of drug-likeness (QED) is 0.320. The summed E-state index contributed by atoms with van der Waals surface area (Å²) in [4.78, 5) is 33.4. The number of benzene rings is 1. The summed E-state index contributed by atoms with van der Waals surface area (Å²) in [6.07, 6.45) is 5.38. The maximum absolute atomic E-state index is 13.9. The molecule has 4 rings (SSSR count). The summed E-state index contributed by atoms with van der Waals surface area (Å²) in [6, 6.07) is 7.45. The van der Waals surface area contributed by atoms with Gasteiger partial charge in [0.25, 0.3) is 5.56 Å². The fraction of sp³-hybridized carbons (Fsp3) is 0.458. The van der Waals surface area contributed by atoms with E-state index in [1.165, 1.54) is 28.6 Å². The van der Waals surface area contributed by atoms with E-state index >= 15 is 0 Å². The number of fused-ring (bicyclic) bond motifs is 3. The van der Waals surface area contributed by atoms with Crippen molar-refractivity contribution >= 4 is 39.2 Å². The molecular weight excluding hydrogens is 442 g/mol. The van der Waals surface area contributed by atoms with Gasteiger partial charge in [-0.2, -0.15) is 0 Å². The van der Waals surface area contributed by atoms with Crippen molar-refractivity contribution in [3.05, 3.63) is 45.1 Å². The van der Waals surface area contributed by atoms with E-state index in [-0.39, 0.29) is 22.8 Å². The highest BCUT2D eigenvalue weighted by molar-refractivity contribution is 8.00. The van der Waals surface area contributed by atoms with Crippen molar-refractivity contribution in [2.45, 2.75) is 69.3 Å². The summed E-state index contributed by atoms with van der Waals surface area (Å²) in [7, 11) is 1.62. The molecule has 0 spiro atoms. The van der Waals surface area contributed by atoms with Gasteiger partial charge in [-0.1, -0.05) is 18.2 Å². The summed E-state index contributed by atoms with van der Waals surface area (Å²) < 4.78 is 6.94. The maximum Gasteiger partial charge on any atom is 0.267 e. The monoisotopic (exact) mass is 471 g/mol. The Balaban J connectivity index is 1.86. The first kappa shape index (κ1) is 22.9. The summed E-state index contributed by atoms with van der Waals surface area (Å²) in [5.41, 5.74) is 1.83. The molecule has 0 radical (unpaired) electrons. The molecule has 0 bridgehead atoms. The van der Waals surface area contributed by atoms with Crippen LogP contribution in [-0.2, 0) is 17.6 Å². The van der Waals surface area contributed by atoms with Crippen molar-refractivity contribution in [3.8, 4) is 11.4 Å². The second-order valence-electron chi connectivity index (χ2n) is 8.40. The third-order valence-electron chi connectivity index (χ3n) is 5.62. The number of rotatable bonds is 6. The van der Waals surface area contributed by atoms with Crippen LogP contribution in [0.4, 0.5) is 0 Å². The molecule has 170 valence electrons. The van der Waals surface area contributed by atoms with Gasteiger partial charge in [-0.3, -0.25) is 14.2 Å². The minimum Gasteiger partial charge on any atom is -0.497 e. The van der Waals surface area contributed by atoms with E-state index in [9.17, 15) is 9.59 Å². The van der Waals surface area contributed by atoms with Gasteiger partial charge in [0.1, 0.15) is 10.6 Å². The number of aryl methyl sites for hydroxylation is 2. The Bertz CT molecular complexity index is 1180. The van der Waals surface area contributed by atoms with E-state index in [2.05, 4.69) is 5.32 Å². The van der Waals surface area contributed by atoms with Crippen molar-refractivity contribution in [1.82, 2.24) is 14.9 Å². The fourth-order valence-electron chi connectivity index (χ4n) is 4.01. The summed E-state index contributed by atoms with van der Waals surface area (Å²) >= 11 is 2.96. The largest absolute Gasteiger partial charge is 0.497 e. The Morgan fingerprint density at radius 1 is 1.16 bits per heavy atom. The molecule has 0 saturated carbocycles. The van der Waals surface area contributed by atoms with E-state index in [1.807, 2.05) is 45.0 Å². The lowest BCUT2D eigenvalue weighted by atomic mass is 10.1. The zero-order valence-electron chi connectivity index (χ0n) is 18.9. The van der Waals surface area contributed by atoms with E-state index in [0.717, 1.165) is 47.3 Å². The van der Waals surface area contributed by atoms with Crippen LogP contribution in [0.25, 0.3) is 15.9 Å². The van der Waals surface area contributed by atoms with Crippen LogP contribution in [-0.4, -0.2) is 33.9 Å². The molecule has 1 aromatic carbocycles. The van der Waals surface area contributed by atoms with Gasteiger partial charge in [0.2, 0.25) is 5.91 Å².